The summed E-state index contributed by atoms with van der Waals surface area (Å²) in [6, 6.07) is 21.2. The van der Waals surface area contributed by atoms with Crippen LogP contribution in [0.25, 0.3) is 0 Å². The molecule has 0 fully saturated rings. The van der Waals surface area contributed by atoms with Crippen molar-refractivity contribution in [3.8, 4) is 5.75 Å². The Balaban J connectivity index is 1.48. The van der Waals surface area contributed by atoms with Crippen LogP contribution in [0.5, 0.6) is 5.75 Å². The van der Waals surface area contributed by atoms with Crippen LogP contribution in [0.1, 0.15) is 11.1 Å². The van der Waals surface area contributed by atoms with E-state index in [1.807, 2.05) is 43.3 Å². The molecule has 0 aliphatic rings. The first kappa shape index (κ1) is 19.9. The zero-order valence-electron chi connectivity index (χ0n) is 15.9. The number of nitrogens with zero attached hydrogens (tertiary/aromatic N) is 1. The van der Waals surface area contributed by atoms with Crippen LogP contribution in [0.4, 0.5) is 17.1 Å². The number of hydrogen-bond donors (Lipinski definition) is 2. The van der Waals surface area contributed by atoms with Crippen LogP contribution in [0, 0.1) is 17.0 Å². The number of carbonyl (C=O) groups is 1. The number of benzene rings is 3. The number of ether oxygens (including phenoxy) is 1. The summed E-state index contributed by atoms with van der Waals surface area (Å²) >= 11 is 0. The van der Waals surface area contributed by atoms with E-state index < -0.39 is 4.92 Å². The Bertz CT molecular complexity index is 1000. The number of nitro groups is 1. The number of amides is 1. The number of nitro benzene ring substituents is 1. The summed E-state index contributed by atoms with van der Waals surface area (Å²) in [5, 5.41) is 16.8. The van der Waals surface area contributed by atoms with Gasteiger partial charge in [0.15, 0.2) is 6.61 Å². The second-order valence-corrected chi connectivity index (χ2v) is 6.51. The second kappa shape index (κ2) is 9.36. The molecule has 0 aromatic heterocycles. The predicted octanol–water partition coefficient (Wildman–Crippen LogP) is 4.53. The summed E-state index contributed by atoms with van der Waals surface area (Å²) in [5.41, 5.74) is 3.50. The SMILES string of the molecule is Cc1cccc(NC(=O)COc2ccc(CNc3cccc([N+](=O)[O-])c3)cc2)c1. The van der Waals surface area contributed by atoms with Crippen molar-refractivity contribution in [2.45, 2.75) is 13.5 Å². The molecule has 0 spiro atoms. The van der Waals surface area contributed by atoms with Gasteiger partial charge in [-0.2, -0.15) is 0 Å². The minimum absolute atomic E-state index is 0.0442. The topological polar surface area (TPSA) is 93.5 Å². The van der Waals surface area contributed by atoms with E-state index in [1.165, 1.54) is 12.1 Å². The first-order valence-electron chi connectivity index (χ1n) is 9.06. The molecule has 2 N–H and O–H groups in total. The third-order valence-corrected chi connectivity index (χ3v) is 4.15. The van der Waals surface area contributed by atoms with Crippen molar-refractivity contribution in [2.24, 2.45) is 0 Å². The van der Waals surface area contributed by atoms with E-state index in [0.717, 1.165) is 16.8 Å². The molecule has 0 aliphatic carbocycles. The van der Waals surface area contributed by atoms with Gasteiger partial charge in [0.05, 0.1) is 4.92 Å². The summed E-state index contributed by atoms with van der Waals surface area (Å²) < 4.78 is 5.52. The summed E-state index contributed by atoms with van der Waals surface area (Å²) in [6.07, 6.45) is 0. The van der Waals surface area contributed by atoms with Crippen molar-refractivity contribution in [2.75, 3.05) is 17.2 Å². The van der Waals surface area contributed by atoms with Crippen LogP contribution in [-0.2, 0) is 11.3 Å². The normalized spacial score (nSPS) is 10.2. The molecule has 148 valence electrons. The molecule has 1 amide bonds. The van der Waals surface area contributed by atoms with Crippen molar-refractivity contribution in [1.29, 1.82) is 0 Å². The quantitative estimate of drug-likeness (QED) is 0.435. The van der Waals surface area contributed by atoms with Crippen LogP contribution in [0.2, 0.25) is 0 Å². The van der Waals surface area contributed by atoms with Gasteiger partial charge in [-0.25, -0.2) is 0 Å². The van der Waals surface area contributed by atoms with Crippen molar-refractivity contribution in [1.82, 2.24) is 0 Å². The summed E-state index contributed by atoms with van der Waals surface area (Å²) in [7, 11) is 0. The second-order valence-electron chi connectivity index (χ2n) is 6.51. The van der Waals surface area contributed by atoms with E-state index in [0.29, 0.717) is 18.0 Å². The molecule has 7 nitrogen and oxygen atoms in total. The van der Waals surface area contributed by atoms with E-state index in [1.54, 1.807) is 24.3 Å². The van der Waals surface area contributed by atoms with E-state index in [9.17, 15) is 14.9 Å². The molecule has 0 unspecified atom stereocenters. The molecule has 29 heavy (non-hydrogen) atoms. The van der Waals surface area contributed by atoms with Gasteiger partial charge in [0.2, 0.25) is 0 Å². The fourth-order valence-electron chi connectivity index (χ4n) is 2.71. The van der Waals surface area contributed by atoms with Gasteiger partial charge in [0.1, 0.15) is 5.75 Å². The van der Waals surface area contributed by atoms with Gasteiger partial charge in [-0.1, -0.05) is 30.3 Å². The van der Waals surface area contributed by atoms with Gasteiger partial charge in [0, 0.05) is 30.1 Å². The summed E-state index contributed by atoms with van der Waals surface area (Å²) in [5.74, 6) is 0.357. The van der Waals surface area contributed by atoms with Crippen LogP contribution in [0.15, 0.2) is 72.8 Å². The van der Waals surface area contributed by atoms with Crippen molar-refractivity contribution < 1.29 is 14.5 Å². The molecular weight excluding hydrogens is 370 g/mol. The molecule has 3 aromatic rings. The van der Waals surface area contributed by atoms with E-state index in [-0.39, 0.29) is 18.2 Å². The van der Waals surface area contributed by atoms with Crippen molar-refractivity contribution >= 4 is 23.0 Å². The van der Waals surface area contributed by atoms with Crippen LogP contribution >= 0.6 is 0 Å². The summed E-state index contributed by atoms with van der Waals surface area (Å²) in [6.45, 7) is 2.39. The molecule has 0 saturated carbocycles. The Morgan fingerprint density at radius 1 is 1.00 bits per heavy atom. The third kappa shape index (κ3) is 6.07. The lowest BCUT2D eigenvalue weighted by Gasteiger charge is -2.10. The zero-order chi connectivity index (χ0) is 20.6. The first-order valence-corrected chi connectivity index (χ1v) is 9.06. The lowest BCUT2D eigenvalue weighted by Crippen LogP contribution is -2.20. The first-order chi connectivity index (χ1) is 14.0. The van der Waals surface area contributed by atoms with Gasteiger partial charge in [-0.05, 0) is 48.4 Å². The lowest BCUT2D eigenvalue weighted by atomic mass is 10.2. The summed E-state index contributed by atoms with van der Waals surface area (Å²) in [4.78, 5) is 22.4. The van der Waals surface area contributed by atoms with Crippen LogP contribution < -0.4 is 15.4 Å². The molecular formula is C22H21N3O4. The Kier molecular flexibility index (Phi) is 6.42. The number of rotatable bonds is 8. The molecule has 0 heterocycles. The molecule has 0 bridgehead atoms. The highest BCUT2D eigenvalue weighted by molar-refractivity contribution is 5.91. The Morgan fingerprint density at radius 3 is 2.45 bits per heavy atom. The van der Waals surface area contributed by atoms with Gasteiger partial charge in [0.25, 0.3) is 11.6 Å². The minimum atomic E-state index is -0.424. The Morgan fingerprint density at radius 2 is 1.72 bits per heavy atom. The zero-order valence-corrected chi connectivity index (χ0v) is 15.9. The van der Waals surface area contributed by atoms with Crippen LogP contribution in [0.3, 0.4) is 0 Å². The smallest absolute Gasteiger partial charge is 0.271 e. The molecule has 0 saturated heterocycles. The number of hydrogen-bond acceptors (Lipinski definition) is 5. The number of aryl methyl sites for hydroxylation is 1. The Labute approximate surface area is 168 Å². The van der Waals surface area contributed by atoms with Gasteiger partial charge in [-0.3, -0.25) is 14.9 Å². The fourth-order valence-corrected chi connectivity index (χ4v) is 2.71. The number of carbonyl (C=O) groups excluding carboxylic acids is 1. The average Bonchev–Trinajstić information content (AvgIpc) is 2.72. The molecule has 0 aliphatic heterocycles. The highest BCUT2D eigenvalue weighted by atomic mass is 16.6. The fraction of sp³-hybridized carbons (Fsp3) is 0.136. The van der Waals surface area contributed by atoms with E-state index in [4.69, 9.17) is 4.74 Å². The largest absolute Gasteiger partial charge is 0.484 e. The molecule has 3 aromatic carbocycles. The maximum absolute atomic E-state index is 12.0. The standard InChI is InChI=1S/C22H21N3O4/c1-16-4-2-6-19(12-16)24-22(26)15-29-21-10-8-17(9-11-21)14-23-18-5-3-7-20(13-18)25(27)28/h2-13,23H,14-15H2,1H3,(H,24,26). The number of nitrogens with one attached hydrogen (secondary N) is 2. The monoisotopic (exact) mass is 391 g/mol. The predicted molar refractivity (Wildman–Crippen MR) is 112 cm³/mol. The number of anilines is 2. The third-order valence-electron chi connectivity index (χ3n) is 4.15. The highest BCUT2D eigenvalue weighted by Gasteiger charge is 2.06. The highest BCUT2D eigenvalue weighted by Crippen LogP contribution is 2.19. The van der Waals surface area contributed by atoms with Crippen molar-refractivity contribution in [3.05, 3.63) is 94.0 Å². The average molecular weight is 391 g/mol. The minimum Gasteiger partial charge on any atom is -0.484 e. The lowest BCUT2D eigenvalue weighted by molar-refractivity contribution is -0.384. The van der Waals surface area contributed by atoms with Gasteiger partial charge < -0.3 is 15.4 Å². The molecule has 3 rings (SSSR count). The van der Waals surface area contributed by atoms with Gasteiger partial charge >= 0.3 is 0 Å². The maximum Gasteiger partial charge on any atom is 0.271 e. The molecule has 0 radical (unpaired) electrons. The number of non-ortho nitro benzene ring substituents is 1. The van der Waals surface area contributed by atoms with Crippen LogP contribution in [-0.4, -0.2) is 17.4 Å². The van der Waals surface area contributed by atoms with Gasteiger partial charge in [-0.15, -0.1) is 0 Å². The van der Waals surface area contributed by atoms with E-state index in [2.05, 4.69) is 10.6 Å². The molecule has 0 atom stereocenters. The van der Waals surface area contributed by atoms with E-state index >= 15 is 0 Å². The van der Waals surface area contributed by atoms with Crippen molar-refractivity contribution in [3.63, 3.8) is 0 Å². The Hall–Kier alpha value is -3.87. The molecule has 7 heteroatoms. The maximum atomic E-state index is 12.0.